The molecule has 0 bridgehead atoms. The van der Waals surface area contributed by atoms with Gasteiger partial charge in [0.1, 0.15) is 5.60 Å². The fraction of sp³-hybridized carbons (Fsp3) is 0.769. The number of likely N-dealkylation sites (tertiary alicyclic amines) is 1. The zero-order valence-electron chi connectivity index (χ0n) is 11.0. The van der Waals surface area contributed by atoms with E-state index in [9.17, 15) is 4.79 Å². The molecule has 98 valence electrons. The van der Waals surface area contributed by atoms with Gasteiger partial charge in [-0.15, -0.1) is 0 Å². The summed E-state index contributed by atoms with van der Waals surface area (Å²) >= 11 is 0. The molecule has 0 aromatic rings. The van der Waals surface area contributed by atoms with Crippen LogP contribution < -0.4 is 0 Å². The molecule has 0 aliphatic carbocycles. The summed E-state index contributed by atoms with van der Waals surface area (Å²) in [5.74, 6) is 0. The molecular formula is C13H23NO3. The Bertz CT molecular complexity index is 281. The van der Waals surface area contributed by atoms with Gasteiger partial charge in [0.2, 0.25) is 0 Å². The van der Waals surface area contributed by atoms with Gasteiger partial charge in [-0.25, -0.2) is 4.79 Å². The van der Waals surface area contributed by atoms with Crippen molar-refractivity contribution in [1.82, 2.24) is 4.90 Å². The molecule has 1 N–H and O–H groups in total. The standard InChI is InChI=1S/C13H23NO3/c1-13(2,3)17-12(16)14-9-5-4-7-11(14)8-6-10-15/h6,8,11,15H,4-5,7,9-10H2,1-3H3/b8-6+. The number of rotatable bonds is 2. The highest BCUT2D eigenvalue weighted by Crippen LogP contribution is 2.21. The molecule has 1 fully saturated rings. The first-order valence-corrected chi connectivity index (χ1v) is 6.21. The lowest BCUT2D eigenvalue weighted by Crippen LogP contribution is -2.45. The predicted octanol–water partition coefficient (Wildman–Crippen LogP) is 2.32. The minimum absolute atomic E-state index is 0.0126. The topological polar surface area (TPSA) is 49.8 Å². The number of ether oxygens (including phenoxy) is 1. The van der Waals surface area contributed by atoms with E-state index in [1.165, 1.54) is 0 Å². The maximum atomic E-state index is 12.0. The lowest BCUT2D eigenvalue weighted by atomic mass is 10.0. The van der Waals surface area contributed by atoms with Crippen LogP contribution in [0.5, 0.6) is 0 Å². The van der Waals surface area contributed by atoms with Gasteiger partial charge >= 0.3 is 6.09 Å². The Morgan fingerprint density at radius 3 is 2.76 bits per heavy atom. The maximum absolute atomic E-state index is 12.0. The van der Waals surface area contributed by atoms with Gasteiger partial charge in [0, 0.05) is 6.54 Å². The SMILES string of the molecule is CC(C)(C)OC(=O)N1CCCCC1/C=C/CO. The number of carbonyl (C=O) groups is 1. The van der Waals surface area contributed by atoms with E-state index < -0.39 is 5.60 Å². The molecule has 0 aromatic carbocycles. The molecule has 1 aliphatic rings. The molecule has 17 heavy (non-hydrogen) atoms. The lowest BCUT2D eigenvalue weighted by molar-refractivity contribution is 0.0149. The van der Waals surface area contributed by atoms with Gasteiger partial charge in [0.25, 0.3) is 0 Å². The molecule has 0 radical (unpaired) electrons. The first-order chi connectivity index (χ1) is 7.94. The third-order valence-electron chi connectivity index (χ3n) is 2.64. The molecule has 1 unspecified atom stereocenters. The summed E-state index contributed by atoms with van der Waals surface area (Å²) < 4.78 is 5.38. The monoisotopic (exact) mass is 241 g/mol. The molecule has 1 aliphatic heterocycles. The second-order valence-corrected chi connectivity index (χ2v) is 5.35. The molecular weight excluding hydrogens is 218 g/mol. The highest BCUT2D eigenvalue weighted by Gasteiger charge is 2.28. The van der Waals surface area contributed by atoms with Crippen molar-refractivity contribution in [3.8, 4) is 0 Å². The molecule has 1 saturated heterocycles. The van der Waals surface area contributed by atoms with Gasteiger partial charge in [-0.2, -0.15) is 0 Å². The summed E-state index contributed by atoms with van der Waals surface area (Å²) in [4.78, 5) is 13.7. The predicted molar refractivity (Wildman–Crippen MR) is 66.8 cm³/mol. The van der Waals surface area contributed by atoms with Gasteiger partial charge < -0.3 is 14.7 Å². The Labute approximate surface area is 103 Å². The van der Waals surface area contributed by atoms with Crippen molar-refractivity contribution in [2.45, 2.75) is 51.7 Å². The molecule has 4 nitrogen and oxygen atoms in total. The fourth-order valence-electron chi connectivity index (χ4n) is 1.92. The Balaban J connectivity index is 2.64. The summed E-state index contributed by atoms with van der Waals surface area (Å²) in [5.41, 5.74) is -0.459. The van der Waals surface area contributed by atoms with Crippen molar-refractivity contribution < 1.29 is 14.6 Å². The van der Waals surface area contributed by atoms with Crippen LogP contribution in [0.3, 0.4) is 0 Å². The second-order valence-electron chi connectivity index (χ2n) is 5.35. The van der Waals surface area contributed by atoms with Crippen LogP contribution in [0.4, 0.5) is 4.79 Å². The van der Waals surface area contributed by atoms with E-state index in [4.69, 9.17) is 9.84 Å². The summed E-state index contributed by atoms with van der Waals surface area (Å²) in [6, 6.07) is 0.0609. The maximum Gasteiger partial charge on any atom is 0.410 e. The molecule has 0 saturated carbocycles. The van der Waals surface area contributed by atoms with E-state index in [2.05, 4.69) is 0 Å². The van der Waals surface area contributed by atoms with E-state index in [0.29, 0.717) is 0 Å². The average Bonchev–Trinajstić information content (AvgIpc) is 2.24. The van der Waals surface area contributed by atoms with Gasteiger partial charge in [-0.1, -0.05) is 12.2 Å². The number of hydrogen-bond donors (Lipinski definition) is 1. The average molecular weight is 241 g/mol. The van der Waals surface area contributed by atoms with Crippen LogP contribution >= 0.6 is 0 Å². The van der Waals surface area contributed by atoms with Crippen LogP contribution in [0.25, 0.3) is 0 Å². The van der Waals surface area contributed by atoms with Crippen LogP contribution in [-0.2, 0) is 4.74 Å². The number of piperidine rings is 1. The van der Waals surface area contributed by atoms with Crippen molar-refractivity contribution in [3.63, 3.8) is 0 Å². The van der Waals surface area contributed by atoms with E-state index in [1.54, 1.807) is 11.0 Å². The van der Waals surface area contributed by atoms with Crippen LogP contribution in [0.15, 0.2) is 12.2 Å². The number of aliphatic hydroxyl groups excluding tert-OH is 1. The van der Waals surface area contributed by atoms with Gasteiger partial charge in [0.05, 0.1) is 12.6 Å². The first kappa shape index (κ1) is 14.0. The van der Waals surface area contributed by atoms with E-state index >= 15 is 0 Å². The van der Waals surface area contributed by atoms with E-state index in [0.717, 1.165) is 25.8 Å². The molecule has 1 rings (SSSR count). The van der Waals surface area contributed by atoms with Gasteiger partial charge in [-0.05, 0) is 40.0 Å². The Morgan fingerprint density at radius 2 is 2.18 bits per heavy atom. The summed E-state index contributed by atoms with van der Waals surface area (Å²) in [5, 5.41) is 8.79. The second kappa shape index (κ2) is 6.05. The van der Waals surface area contributed by atoms with E-state index in [1.807, 2.05) is 26.8 Å². The highest BCUT2D eigenvalue weighted by molar-refractivity contribution is 5.69. The van der Waals surface area contributed by atoms with Crippen LogP contribution in [0, 0.1) is 0 Å². The summed E-state index contributed by atoms with van der Waals surface area (Å²) in [6.07, 6.45) is 6.39. The first-order valence-electron chi connectivity index (χ1n) is 6.21. The highest BCUT2D eigenvalue weighted by atomic mass is 16.6. The molecule has 1 atom stereocenters. The largest absolute Gasteiger partial charge is 0.444 e. The lowest BCUT2D eigenvalue weighted by Gasteiger charge is -2.35. The van der Waals surface area contributed by atoms with Crippen molar-refractivity contribution in [2.24, 2.45) is 0 Å². The third kappa shape index (κ3) is 4.77. The number of nitrogens with zero attached hydrogens (tertiary/aromatic N) is 1. The summed E-state index contributed by atoms with van der Waals surface area (Å²) in [7, 11) is 0. The minimum atomic E-state index is -0.459. The Kier molecular flexibility index (Phi) is 5.00. The zero-order valence-corrected chi connectivity index (χ0v) is 11.0. The Morgan fingerprint density at radius 1 is 1.47 bits per heavy atom. The number of carbonyl (C=O) groups excluding carboxylic acids is 1. The summed E-state index contributed by atoms with van der Waals surface area (Å²) in [6.45, 7) is 6.35. The normalized spacial score (nSPS) is 21.9. The fourth-order valence-corrected chi connectivity index (χ4v) is 1.92. The molecule has 0 aromatic heterocycles. The molecule has 4 heteroatoms. The molecule has 1 amide bonds. The zero-order chi connectivity index (χ0) is 12.9. The van der Waals surface area contributed by atoms with Gasteiger partial charge in [0.15, 0.2) is 0 Å². The molecule has 1 heterocycles. The quantitative estimate of drug-likeness (QED) is 0.755. The number of aliphatic hydroxyl groups is 1. The van der Waals surface area contributed by atoms with Crippen LogP contribution in [-0.4, -0.2) is 40.9 Å². The number of hydrogen-bond acceptors (Lipinski definition) is 3. The van der Waals surface area contributed by atoms with E-state index in [-0.39, 0.29) is 18.7 Å². The smallest absolute Gasteiger partial charge is 0.410 e. The van der Waals surface area contributed by atoms with Crippen molar-refractivity contribution >= 4 is 6.09 Å². The van der Waals surface area contributed by atoms with Crippen molar-refractivity contribution in [3.05, 3.63) is 12.2 Å². The molecule has 0 spiro atoms. The Hall–Kier alpha value is -1.03. The van der Waals surface area contributed by atoms with Crippen LogP contribution in [0.1, 0.15) is 40.0 Å². The van der Waals surface area contributed by atoms with Crippen molar-refractivity contribution in [1.29, 1.82) is 0 Å². The third-order valence-corrected chi connectivity index (χ3v) is 2.64. The van der Waals surface area contributed by atoms with Gasteiger partial charge in [-0.3, -0.25) is 0 Å². The minimum Gasteiger partial charge on any atom is -0.444 e. The number of amides is 1. The van der Waals surface area contributed by atoms with Crippen LogP contribution in [0.2, 0.25) is 0 Å². The van der Waals surface area contributed by atoms with Crippen molar-refractivity contribution in [2.75, 3.05) is 13.2 Å².